The van der Waals surface area contributed by atoms with E-state index in [2.05, 4.69) is 5.32 Å². The van der Waals surface area contributed by atoms with Gasteiger partial charge in [-0.2, -0.15) is 0 Å². The minimum Gasteiger partial charge on any atom is -0.477 e. The zero-order valence-electron chi connectivity index (χ0n) is 41.5. The fourth-order valence-electron chi connectivity index (χ4n) is 9.52. The molecule has 37 nitrogen and oxygen atoms in total. The molecule has 0 radical (unpaired) electrons. The number of amides is 3. The van der Waals surface area contributed by atoms with E-state index in [1.165, 1.54) is 0 Å². The van der Waals surface area contributed by atoms with Crippen LogP contribution in [0.2, 0.25) is 0 Å². The van der Waals surface area contributed by atoms with E-state index < -0.39 is 253 Å². The van der Waals surface area contributed by atoms with Gasteiger partial charge < -0.3 is 161 Å². The summed E-state index contributed by atoms with van der Waals surface area (Å²) in [4.78, 5) is 63.2. The highest BCUT2D eigenvalue weighted by molar-refractivity contribution is 5.79. The molecule has 0 aromatic rings. The van der Waals surface area contributed by atoms with Crippen LogP contribution in [0.4, 0.5) is 0 Å². The second-order valence-electron chi connectivity index (χ2n) is 19.1. The monoisotopic (exact) mass is 1160 g/mol. The summed E-state index contributed by atoms with van der Waals surface area (Å²) in [5, 5.41) is 218. The first-order valence-corrected chi connectivity index (χ1v) is 24.2. The number of aliphatic hydroxyl groups is 18. The second-order valence-corrected chi connectivity index (χ2v) is 19.1. The summed E-state index contributed by atoms with van der Waals surface area (Å²) < 4.78 is 50.0. The van der Waals surface area contributed by atoms with Crippen LogP contribution in [0.5, 0.6) is 0 Å². The van der Waals surface area contributed by atoms with E-state index in [4.69, 9.17) is 42.6 Å². The number of hydrogen-bond donors (Lipinski definition) is 23. The number of carboxylic acids is 2. The SMILES string of the molecule is CC(=O)N[C@H]1C(O)O[C@H](CO[C@]2(C(=O)O)C[C@H](O)[C@@H](NC(=O)CO)[C@H]([C@H](O)[C@@H](CO)O[C@]3(C(=O)O)C[C@H](O)[C@@H](NC(=O)CO)[C@H]([C@H](O)[C@H](O)CO)O3)O2)[C@H](O)[C@@H]1O[C@@H]1O[C@H](CO)[C@H](O[C@@H]2O[C@H](CO)[C@H](O)[C@H](O)[C@H]2O)[C@H](O)[C@H]1O. The number of aliphatic hydroxyl groups excluding tert-OH is 18. The van der Waals surface area contributed by atoms with Gasteiger partial charge in [-0.25, -0.2) is 9.59 Å². The van der Waals surface area contributed by atoms with Gasteiger partial charge in [-0.3, -0.25) is 14.4 Å². The van der Waals surface area contributed by atoms with Crippen molar-refractivity contribution in [3.05, 3.63) is 0 Å². The van der Waals surface area contributed by atoms with E-state index in [-0.39, 0.29) is 0 Å². The number of rotatable bonds is 24. The van der Waals surface area contributed by atoms with Crippen LogP contribution in [0.25, 0.3) is 0 Å². The lowest BCUT2D eigenvalue weighted by molar-refractivity contribution is -0.374. The molecule has 5 fully saturated rings. The third-order valence-electron chi connectivity index (χ3n) is 13.7. The molecule has 5 aliphatic rings. The van der Waals surface area contributed by atoms with Gasteiger partial charge in [-0.1, -0.05) is 0 Å². The van der Waals surface area contributed by atoms with Gasteiger partial charge in [-0.05, 0) is 0 Å². The number of aliphatic carboxylic acids is 2. The van der Waals surface area contributed by atoms with Crippen LogP contribution in [-0.2, 0) is 66.6 Å². The van der Waals surface area contributed by atoms with E-state index in [1.54, 1.807) is 0 Å². The molecule has 3 amide bonds. The second kappa shape index (κ2) is 28.0. The molecule has 456 valence electrons. The fourth-order valence-corrected chi connectivity index (χ4v) is 9.52. The van der Waals surface area contributed by atoms with Crippen molar-refractivity contribution < 1.29 is 169 Å². The van der Waals surface area contributed by atoms with Crippen molar-refractivity contribution >= 4 is 29.7 Å². The molecule has 5 rings (SSSR count). The maximum Gasteiger partial charge on any atom is 0.364 e. The Balaban J connectivity index is 1.42. The van der Waals surface area contributed by atoms with E-state index in [0.29, 0.717) is 0 Å². The molecule has 5 heterocycles. The van der Waals surface area contributed by atoms with Crippen molar-refractivity contribution in [1.29, 1.82) is 0 Å². The predicted octanol–water partition coefficient (Wildman–Crippen LogP) is -15.1. The minimum absolute atomic E-state index is 0.894. The van der Waals surface area contributed by atoms with Crippen LogP contribution >= 0.6 is 0 Å². The topological polar surface area (TPSA) is 609 Å². The van der Waals surface area contributed by atoms with Gasteiger partial charge in [0.2, 0.25) is 17.7 Å². The van der Waals surface area contributed by atoms with Gasteiger partial charge in [0.15, 0.2) is 18.9 Å². The lowest BCUT2D eigenvalue weighted by atomic mass is 9.87. The number of hydrogen-bond acceptors (Lipinski definition) is 32. The lowest BCUT2D eigenvalue weighted by Crippen LogP contribution is -2.71. The quantitative estimate of drug-likeness (QED) is 0.0427. The number of ether oxygens (including phenoxy) is 9. The maximum absolute atomic E-state index is 13.2. The fraction of sp³-hybridized carbons (Fsp3) is 0.881. The van der Waals surface area contributed by atoms with Crippen molar-refractivity contribution in [2.75, 3.05) is 46.2 Å². The normalized spacial score (nSPS) is 42.4. The Kier molecular flexibility index (Phi) is 23.4. The van der Waals surface area contributed by atoms with Gasteiger partial charge in [0.05, 0.1) is 57.3 Å². The molecule has 27 atom stereocenters. The Morgan fingerprint density at radius 3 is 1.54 bits per heavy atom. The van der Waals surface area contributed by atoms with Crippen LogP contribution in [0.3, 0.4) is 0 Å². The summed E-state index contributed by atoms with van der Waals surface area (Å²) >= 11 is 0. The molecule has 1 unspecified atom stereocenters. The van der Waals surface area contributed by atoms with E-state index in [9.17, 15) is 126 Å². The molecule has 5 saturated heterocycles. The predicted molar refractivity (Wildman–Crippen MR) is 239 cm³/mol. The summed E-state index contributed by atoms with van der Waals surface area (Å²) in [6.45, 7) is -7.60. The summed E-state index contributed by atoms with van der Waals surface area (Å²) in [6.07, 6.45) is -49.6. The highest BCUT2D eigenvalue weighted by Gasteiger charge is 2.61. The smallest absolute Gasteiger partial charge is 0.364 e. The third-order valence-corrected chi connectivity index (χ3v) is 13.7. The Morgan fingerprint density at radius 1 is 0.557 bits per heavy atom. The molecule has 79 heavy (non-hydrogen) atoms. The largest absolute Gasteiger partial charge is 0.477 e. The van der Waals surface area contributed by atoms with E-state index in [1.807, 2.05) is 10.6 Å². The molecular formula is C42H69N3O34. The summed E-state index contributed by atoms with van der Waals surface area (Å²) in [7, 11) is 0. The zero-order valence-corrected chi connectivity index (χ0v) is 41.5. The summed E-state index contributed by atoms with van der Waals surface area (Å²) in [6, 6.07) is -5.78. The number of carbonyl (C=O) groups is 5. The molecule has 0 spiro atoms. The van der Waals surface area contributed by atoms with Crippen molar-refractivity contribution in [3.63, 3.8) is 0 Å². The van der Waals surface area contributed by atoms with Crippen LogP contribution < -0.4 is 16.0 Å². The van der Waals surface area contributed by atoms with Crippen LogP contribution in [0, 0.1) is 0 Å². The van der Waals surface area contributed by atoms with E-state index in [0.717, 1.165) is 6.92 Å². The summed E-state index contributed by atoms with van der Waals surface area (Å²) in [5.74, 6) is -14.5. The Morgan fingerprint density at radius 2 is 1.05 bits per heavy atom. The molecule has 23 N–H and O–H groups in total. The Bertz CT molecular complexity index is 2030. The van der Waals surface area contributed by atoms with Gasteiger partial charge in [0.1, 0.15) is 123 Å². The molecule has 5 aliphatic heterocycles. The Hall–Kier alpha value is -3.73. The minimum atomic E-state index is -3.35. The molecule has 0 saturated carbocycles. The standard InChI is InChI=1S/C42H69N3O34/c1-11(52)43-23-33(76-38-31(65)29(63)32(17(7-49)74-38)75-37-30(64)28(62)25(59)15(5-47)73-37)27(61)18(72-36(23)66)10-71-41(39(67)68)2-12(53)22(45-20(57)9-51)35(78-41)26(60)16(6-48)77-42(40(69)70)3-13(54)21(44-19(56)8-50)34(79-42)24(58)14(55)4-46/h12-18,21-38,46-51,53-55,58-66H,2-10H2,1H3,(H,43,52)(H,44,56)(H,45,57)(H,67,68)(H,69,70)/t12-,13-,14+,15+,16+,17+,18+,21+,22+,23+,24+,25-,26+,27-,28-,29+,30+,31+,32-,33+,34+,35+,36?,37-,38-,41+,42+/m0/s1. The highest BCUT2D eigenvalue weighted by Crippen LogP contribution is 2.39. The molecule has 37 heteroatoms. The highest BCUT2D eigenvalue weighted by atomic mass is 16.8. The van der Waals surface area contributed by atoms with Crippen LogP contribution in [0.1, 0.15) is 19.8 Å². The van der Waals surface area contributed by atoms with Crippen molar-refractivity contribution in [1.82, 2.24) is 16.0 Å². The van der Waals surface area contributed by atoms with Crippen molar-refractivity contribution in [3.8, 4) is 0 Å². The first-order chi connectivity index (χ1) is 37.1. The molecule has 0 aliphatic carbocycles. The number of carboxylic acid groups (broad SMARTS) is 2. The molecule has 0 bridgehead atoms. The maximum atomic E-state index is 13.2. The Labute approximate surface area is 444 Å². The van der Waals surface area contributed by atoms with Crippen LogP contribution in [-0.4, -0.2) is 343 Å². The van der Waals surface area contributed by atoms with E-state index >= 15 is 0 Å². The van der Waals surface area contributed by atoms with Gasteiger partial charge in [-0.15, -0.1) is 0 Å². The zero-order chi connectivity index (χ0) is 59.2. The first-order valence-electron chi connectivity index (χ1n) is 24.2. The number of nitrogens with one attached hydrogen (secondary N) is 3. The van der Waals surface area contributed by atoms with Gasteiger partial charge in [0.25, 0.3) is 11.6 Å². The van der Waals surface area contributed by atoms with Crippen molar-refractivity contribution in [2.45, 2.75) is 184 Å². The van der Waals surface area contributed by atoms with Gasteiger partial charge >= 0.3 is 11.9 Å². The molecule has 0 aromatic heterocycles. The van der Waals surface area contributed by atoms with Crippen molar-refractivity contribution in [2.24, 2.45) is 0 Å². The summed E-state index contributed by atoms with van der Waals surface area (Å²) in [5.41, 5.74) is 0. The number of carbonyl (C=O) groups excluding carboxylic acids is 3. The molecule has 0 aromatic carbocycles. The first kappa shape index (κ1) is 66.1. The van der Waals surface area contributed by atoms with Gasteiger partial charge in [0, 0.05) is 19.8 Å². The van der Waals surface area contributed by atoms with Crippen LogP contribution in [0.15, 0.2) is 0 Å². The molecular weight excluding hydrogens is 1090 g/mol. The average Bonchev–Trinajstić information content (AvgIpc) is 3.52. The lowest BCUT2D eigenvalue weighted by Gasteiger charge is -2.50. The third kappa shape index (κ3) is 14.6. The average molecular weight is 1160 g/mol.